The van der Waals surface area contributed by atoms with Gasteiger partial charge in [-0.15, -0.1) is 0 Å². The number of halogens is 1. The number of hydrogen-bond acceptors (Lipinski definition) is 2. The van der Waals surface area contributed by atoms with Crippen molar-refractivity contribution in [2.45, 2.75) is 6.92 Å². The second-order valence-corrected chi connectivity index (χ2v) is 4.61. The molecule has 2 aromatic rings. The molecule has 0 bridgehead atoms. The molecule has 0 spiro atoms. The van der Waals surface area contributed by atoms with Gasteiger partial charge < -0.3 is 0 Å². The normalized spacial score (nSPS) is 10.7. The summed E-state index contributed by atoms with van der Waals surface area (Å²) in [6, 6.07) is 16.1. The first-order valence-corrected chi connectivity index (χ1v) is 6.15. The first-order valence-electron chi connectivity index (χ1n) is 5.36. The van der Waals surface area contributed by atoms with Gasteiger partial charge in [-0.05, 0) is 25.1 Å². The smallest absolute Gasteiger partial charge is 0.0561 e. The van der Waals surface area contributed by atoms with Crippen LogP contribution in [0.5, 0.6) is 0 Å². The highest BCUT2D eigenvalue weighted by molar-refractivity contribution is 9.10. The number of nitrogens with one attached hydrogen (secondary N) is 1. The predicted octanol–water partition coefficient (Wildman–Crippen LogP) is 4.20. The summed E-state index contributed by atoms with van der Waals surface area (Å²) in [5.41, 5.74) is 6.27. The Labute approximate surface area is 110 Å². The standard InChI is InChI=1S/C14H13BrN2/c1-11-6-8-13(9-7-11)17-16-10-12-4-2-3-5-14(12)15/h2-10,17H,1H3/b16-10+. The molecule has 0 atom stereocenters. The second-order valence-electron chi connectivity index (χ2n) is 3.76. The van der Waals surface area contributed by atoms with Gasteiger partial charge in [0.25, 0.3) is 0 Å². The van der Waals surface area contributed by atoms with Crippen LogP contribution in [-0.2, 0) is 0 Å². The average molecular weight is 289 g/mol. The Hall–Kier alpha value is -1.61. The molecule has 86 valence electrons. The fraction of sp³-hybridized carbons (Fsp3) is 0.0714. The predicted molar refractivity (Wildman–Crippen MR) is 76.5 cm³/mol. The van der Waals surface area contributed by atoms with Crippen LogP contribution in [0.4, 0.5) is 5.69 Å². The molecule has 0 aromatic heterocycles. The summed E-state index contributed by atoms with van der Waals surface area (Å²) in [6.07, 6.45) is 1.80. The minimum atomic E-state index is 0.985. The number of aryl methyl sites for hydroxylation is 1. The fourth-order valence-corrected chi connectivity index (χ4v) is 1.77. The maximum atomic E-state index is 4.20. The molecular formula is C14H13BrN2. The molecular weight excluding hydrogens is 276 g/mol. The zero-order valence-corrected chi connectivity index (χ0v) is 11.1. The van der Waals surface area contributed by atoms with Crippen molar-refractivity contribution in [3.05, 3.63) is 64.1 Å². The van der Waals surface area contributed by atoms with E-state index in [1.807, 2.05) is 36.4 Å². The molecule has 2 rings (SSSR count). The largest absolute Gasteiger partial charge is 0.279 e. The summed E-state index contributed by atoms with van der Waals surface area (Å²) in [7, 11) is 0. The molecule has 0 heterocycles. The summed E-state index contributed by atoms with van der Waals surface area (Å²) in [5, 5.41) is 4.20. The number of benzene rings is 2. The second kappa shape index (κ2) is 5.64. The number of hydrazone groups is 1. The van der Waals surface area contributed by atoms with Crippen LogP contribution in [0.2, 0.25) is 0 Å². The zero-order valence-electron chi connectivity index (χ0n) is 9.52. The molecule has 3 heteroatoms. The van der Waals surface area contributed by atoms with Gasteiger partial charge in [-0.3, -0.25) is 5.43 Å². The van der Waals surface area contributed by atoms with E-state index in [0.29, 0.717) is 0 Å². The van der Waals surface area contributed by atoms with Crippen LogP contribution in [0, 0.1) is 6.92 Å². The van der Waals surface area contributed by atoms with Gasteiger partial charge in [0.15, 0.2) is 0 Å². The van der Waals surface area contributed by atoms with E-state index in [9.17, 15) is 0 Å². The quantitative estimate of drug-likeness (QED) is 0.664. The van der Waals surface area contributed by atoms with Crippen molar-refractivity contribution in [1.82, 2.24) is 0 Å². The summed E-state index contributed by atoms with van der Waals surface area (Å²) < 4.78 is 1.04. The van der Waals surface area contributed by atoms with Gasteiger partial charge in [0, 0.05) is 10.0 Å². The maximum absolute atomic E-state index is 4.20. The minimum absolute atomic E-state index is 0.985. The van der Waals surface area contributed by atoms with Crippen LogP contribution in [0.3, 0.4) is 0 Å². The lowest BCUT2D eigenvalue weighted by Crippen LogP contribution is -1.91. The number of nitrogens with zero attached hydrogens (tertiary/aromatic N) is 1. The Morgan fingerprint density at radius 2 is 1.76 bits per heavy atom. The van der Waals surface area contributed by atoms with E-state index < -0.39 is 0 Å². The van der Waals surface area contributed by atoms with Crippen LogP contribution in [0.15, 0.2) is 58.1 Å². The van der Waals surface area contributed by atoms with Crippen LogP contribution in [-0.4, -0.2) is 6.21 Å². The van der Waals surface area contributed by atoms with E-state index in [4.69, 9.17) is 0 Å². The van der Waals surface area contributed by atoms with Crippen molar-refractivity contribution in [3.8, 4) is 0 Å². The third-order valence-electron chi connectivity index (χ3n) is 2.35. The molecule has 0 saturated heterocycles. The van der Waals surface area contributed by atoms with Crippen LogP contribution >= 0.6 is 15.9 Å². The van der Waals surface area contributed by atoms with Crippen LogP contribution < -0.4 is 5.43 Å². The topological polar surface area (TPSA) is 24.4 Å². The van der Waals surface area contributed by atoms with E-state index in [2.05, 4.69) is 45.5 Å². The van der Waals surface area contributed by atoms with Crippen molar-refractivity contribution in [3.63, 3.8) is 0 Å². The van der Waals surface area contributed by atoms with Crippen molar-refractivity contribution >= 4 is 27.8 Å². The summed E-state index contributed by atoms with van der Waals surface area (Å²) in [4.78, 5) is 0. The Morgan fingerprint density at radius 3 is 2.47 bits per heavy atom. The molecule has 0 fully saturated rings. The van der Waals surface area contributed by atoms with E-state index in [-0.39, 0.29) is 0 Å². The van der Waals surface area contributed by atoms with E-state index in [1.165, 1.54) is 5.56 Å². The lowest BCUT2D eigenvalue weighted by atomic mass is 10.2. The number of anilines is 1. The van der Waals surface area contributed by atoms with E-state index >= 15 is 0 Å². The molecule has 1 N–H and O–H groups in total. The Balaban J connectivity index is 2.03. The molecule has 2 nitrogen and oxygen atoms in total. The molecule has 17 heavy (non-hydrogen) atoms. The van der Waals surface area contributed by atoms with Gasteiger partial charge in [0.1, 0.15) is 0 Å². The first kappa shape index (κ1) is 11.9. The Kier molecular flexibility index (Phi) is 3.94. The zero-order chi connectivity index (χ0) is 12.1. The number of hydrogen-bond donors (Lipinski definition) is 1. The summed E-state index contributed by atoms with van der Waals surface area (Å²) in [5.74, 6) is 0. The van der Waals surface area contributed by atoms with Crippen molar-refractivity contribution in [2.75, 3.05) is 5.43 Å². The minimum Gasteiger partial charge on any atom is -0.279 e. The van der Waals surface area contributed by atoms with Crippen molar-refractivity contribution in [2.24, 2.45) is 5.10 Å². The highest BCUT2D eigenvalue weighted by atomic mass is 79.9. The van der Waals surface area contributed by atoms with Gasteiger partial charge in [-0.1, -0.05) is 51.8 Å². The average Bonchev–Trinajstić information content (AvgIpc) is 2.34. The van der Waals surface area contributed by atoms with Crippen LogP contribution in [0.25, 0.3) is 0 Å². The SMILES string of the molecule is Cc1ccc(N/N=C/c2ccccc2Br)cc1. The van der Waals surface area contributed by atoms with Crippen LogP contribution in [0.1, 0.15) is 11.1 Å². The first-order chi connectivity index (χ1) is 8.25. The third kappa shape index (κ3) is 3.43. The molecule has 2 aromatic carbocycles. The van der Waals surface area contributed by atoms with Gasteiger partial charge in [-0.25, -0.2) is 0 Å². The highest BCUT2D eigenvalue weighted by Crippen LogP contribution is 2.14. The molecule has 0 aliphatic rings. The van der Waals surface area contributed by atoms with E-state index in [0.717, 1.165) is 15.7 Å². The molecule has 0 unspecified atom stereocenters. The van der Waals surface area contributed by atoms with Gasteiger partial charge in [0.05, 0.1) is 11.9 Å². The fourth-order valence-electron chi connectivity index (χ4n) is 1.38. The lowest BCUT2D eigenvalue weighted by molar-refractivity contribution is 1.33. The van der Waals surface area contributed by atoms with Crippen molar-refractivity contribution < 1.29 is 0 Å². The highest BCUT2D eigenvalue weighted by Gasteiger charge is 1.93. The van der Waals surface area contributed by atoms with Gasteiger partial charge in [0.2, 0.25) is 0 Å². The monoisotopic (exact) mass is 288 g/mol. The Bertz CT molecular complexity index is 518. The lowest BCUT2D eigenvalue weighted by Gasteiger charge is -2.01. The summed E-state index contributed by atoms with van der Waals surface area (Å²) in [6.45, 7) is 2.06. The van der Waals surface area contributed by atoms with E-state index in [1.54, 1.807) is 6.21 Å². The molecule has 0 aliphatic heterocycles. The molecule has 0 radical (unpaired) electrons. The summed E-state index contributed by atoms with van der Waals surface area (Å²) >= 11 is 3.47. The molecule has 0 aliphatic carbocycles. The molecule has 0 amide bonds. The molecule has 0 saturated carbocycles. The van der Waals surface area contributed by atoms with Crippen molar-refractivity contribution in [1.29, 1.82) is 0 Å². The Morgan fingerprint density at radius 1 is 1.06 bits per heavy atom. The maximum Gasteiger partial charge on any atom is 0.0561 e. The third-order valence-corrected chi connectivity index (χ3v) is 3.08. The number of rotatable bonds is 3. The van der Waals surface area contributed by atoms with Gasteiger partial charge >= 0.3 is 0 Å². The van der Waals surface area contributed by atoms with Gasteiger partial charge in [-0.2, -0.15) is 5.10 Å².